The molecule has 3 aromatic rings. The van der Waals surface area contributed by atoms with Gasteiger partial charge in [0, 0.05) is 10.9 Å². The number of amides is 1. The molecule has 0 radical (unpaired) electrons. The summed E-state index contributed by atoms with van der Waals surface area (Å²) in [5.41, 5.74) is 1.58. The zero-order chi connectivity index (χ0) is 18.0. The average Bonchev–Trinajstić information content (AvgIpc) is 3.19. The van der Waals surface area contributed by atoms with Gasteiger partial charge in [-0.2, -0.15) is 0 Å². The zero-order valence-electron chi connectivity index (χ0n) is 13.1. The number of halogens is 2. The van der Waals surface area contributed by atoms with Crippen molar-refractivity contribution < 1.29 is 4.79 Å². The highest BCUT2D eigenvalue weighted by Crippen LogP contribution is 2.31. The third kappa shape index (κ3) is 4.71. The molecule has 1 aromatic carbocycles. The Kier molecular flexibility index (Phi) is 5.96. The van der Waals surface area contributed by atoms with Gasteiger partial charge in [-0.15, -0.1) is 21.5 Å². The molecule has 0 fully saturated rings. The first kappa shape index (κ1) is 18.6. The van der Waals surface area contributed by atoms with E-state index < -0.39 is 0 Å². The molecule has 0 aliphatic rings. The molecule has 25 heavy (non-hydrogen) atoms. The Morgan fingerprint density at radius 2 is 2.08 bits per heavy atom. The molecule has 0 saturated heterocycles. The summed E-state index contributed by atoms with van der Waals surface area (Å²) < 4.78 is 0.774. The van der Waals surface area contributed by atoms with Crippen LogP contribution in [-0.2, 0) is 4.79 Å². The van der Waals surface area contributed by atoms with Crippen LogP contribution in [0.15, 0.2) is 27.9 Å². The Hall–Kier alpha value is -1.19. The molecule has 0 saturated carbocycles. The van der Waals surface area contributed by atoms with Crippen molar-refractivity contribution in [1.82, 2.24) is 15.2 Å². The van der Waals surface area contributed by atoms with E-state index in [-0.39, 0.29) is 11.2 Å². The highest BCUT2D eigenvalue weighted by Gasteiger charge is 2.18. The van der Waals surface area contributed by atoms with Gasteiger partial charge in [-0.25, -0.2) is 4.98 Å². The predicted octanol–water partition coefficient (Wildman–Crippen LogP) is 5.40. The number of nitrogens with one attached hydrogen (secondary N) is 1. The largest absolute Gasteiger partial charge is 0.301 e. The minimum absolute atomic E-state index is 0.132. The highest BCUT2D eigenvalue weighted by atomic mass is 35.5. The van der Waals surface area contributed by atoms with E-state index >= 15 is 0 Å². The van der Waals surface area contributed by atoms with E-state index in [0.717, 1.165) is 20.6 Å². The van der Waals surface area contributed by atoms with Crippen LogP contribution < -0.4 is 5.32 Å². The standard InChI is InChI=1S/C15H12Cl2N4OS3/c1-7(24-15-21-20-8(2)25-15)13(22)19-14-18-12(6-23-14)9-3-4-10(16)11(17)5-9/h3-7H,1-2H3,(H,18,19,22). The van der Waals surface area contributed by atoms with Crippen molar-refractivity contribution in [3.8, 4) is 11.3 Å². The minimum Gasteiger partial charge on any atom is -0.301 e. The fourth-order valence-electron chi connectivity index (χ4n) is 1.86. The summed E-state index contributed by atoms with van der Waals surface area (Å²) in [7, 11) is 0. The molecule has 1 N–H and O–H groups in total. The summed E-state index contributed by atoms with van der Waals surface area (Å²) in [4.78, 5) is 16.8. The summed E-state index contributed by atoms with van der Waals surface area (Å²) in [6.45, 7) is 3.71. The van der Waals surface area contributed by atoms with Gasteiger partial charge in [0.1, 0.15) is 5.01 Å². The first-order chi connectivity index (χ1) is 11.9. The van der Waals surface area contributed by atoms with Gasteiger partial charge < -0.3 is 5.32 Å². The van der Waals surface area contributed by atoms with Crippen LogP contribution in [0.1, 0.15) is 11.9 Å². The average molecular weight is 431 g/mol. The second-order valence-corrected chi connectivity index (χ2v) is 9.45. The van der Waals surface area contributed by atoms with Gasteiger partial charge >= 0.3 is 0 Å². The number of hydrogen-bond acceptors (Lipinski definition) is 7. The molecular formula is C15H12Cl2N4OS3. The van der Waals surface area contributed by atoms with E-state index in [2.05, 4.69) is 20.5 Å². The molecule has 0 aliphatic heterocycles. The molecular weight excluding hydrogens is 419 g/mol. The lowest BCUT2D eigenvalue weighted by molar-refractivity contribution is -0.115. The van der Waals surface area contributed by atoms with Crippen LogP contribution in [0.25, 0.3) is 11.3 Å². The van der Waals surface area contributed by atoms with Gasteiger partial charge in [0.25, 0.3) is 0 Å². The van der Waals surface area contributed by atoms with Crippen LogP contribution in [0.2, 0.25) is 10.0 Å². The fraction of sp³-hybridized carbons (Fsp3) is 0.200. The van der Waals surface area contributed by atoms with Crippen molar-refractivity contribution in [2.24, 2.45) is 0 Å². The van der Waals surface area contributed by atoms with E-state index in [9.17, 15) is 4.79 Å². The Bertz CT molecular complexity index is 912. The number of aromatic nitrogens is 3. The van der Waals surface area contributed by atoms with Crippen molar-refractivity contribution in [3.05, 3.63) is 38.6 Å². The summed E-state index contributed by atoms with van der Waals surface area (Å²) in [6.07, 6.45) is 0. The molecule has 1 unspecified atom stereocenters. The van der Waals surface area contributed by atoms with Crippen LogP contribution in [-0.4, -0.2) is 26.3 Å². The van der Waals surface area contributed by atoms with Crippen LogP contribution in [0.3, 0.4) is 0 Å². The lowest BCUT2D eigenvalue weighted by Gasteiger charge is -2.07. The third-order valence-electron chi connectivity index (χ3n) is 3.10. The second kappa shape index (κ2) is 8.01. The maximum Gasteiger partial charge on any atom is 0.239 e. The molecule has 10 heteroatoms. The third-order valence-corrected chi connectivity index (χ3v) is 6.62. The van der Waals surface area contributed by atoms with Gasteiger partial charge in [0.2, 0.25) is 5.91 Å². The lowest BCUT2D eigenvalue weighted by Crippen LogP contribution is -2.22. The molecule has 3 rings (SSSR count). The first-order valence-electron chi connectivity index (χ1n) is 7.11. The number of nitrogens with zero attached hydrogens (tertiary/aromatic N) is 3. The number of carbonyl (C=O) groups is 1. The van der Waals surface area contributed by atoms with Crippen LogP contribution in [0, 0.1) is 6.92 Å². The summed E-state index contributed by atoms with van der Waals surface area (Å²) >= 11 is 16.2. The summed E-state index contributed by atoms with van der Waals surface area (Å²) in [5.74, 6) is -0.132. The maximum absolute atomic E-state index is 12.3. The Labute approximate surface area is 166 Å². The van der Waals surface area contributed by atoms with Crippen LogP contribution in [0.4, 0.5) is 5.13 Å². The van der Waals surface area contributed by atoms with Crippen molar-refractivity contribution in [2.45, 2.75) is 23.4 Å². The van der Waals surface area contributed by atoms with Crippen molar-refractivity contribution in [3.63, 3.8) is 0 Å². The SMILES string of the molecule is Cc1nnc(SC(C)C(=O)Nc2nc(-c3ccc(Cl)c(Cl)c3)cs2)s1. The number of aryl methyl sites for hydroxylation is 1. The molecule has 130 valence electrons. The normalized spacial score (nSPS) is 12.2. The number of hydrogen-bond donors (Lipinski definition) is 1. The minimum atomic E-state index is -0.301. The Morgan fingerprint density at radius 3 is 2.76 bits per heavy atom. The monoisotopic (exact) mass is 430 g/mol. The van der Waals surface area contributed by atoms with E-state index in [0.29, 0.717) is 15.2 Å². The van der Waals surface area contributed by atoms with Crippen molar-refractivity contribution >= 4 is 68.7 Å². The van der Waals surface area contributed by atoms with Gasteiger partial charge in [0.05, 0.1) is 21.0 Å². The maximum atomic E-state index is 12.3. The van der Waals surface area contributed by atoms with Crippen molar-refractivity contribution in [2.75, 3.05) is 5.32 Å². The number of thioether (sulfide) groups is 1. The molecule has 5 nitrogen and oxygen atoms in total. The molecule has 1 atom stereocenters. The molecule has 0 spiro atoms. The lowest BCUT2D eigenvalue weighted by atomic mass is 10.2. The number of anilines is 1. The van der Waals surface area contributed by atoms with Crippen LogP contribution in [0.5, 0.6) is 0 Å². The van der Waals surface area contributed by atoms with E-state index in [1.807, 2.05) is 25.3 Å². The molecule has 2 heterocycles. The van der Waals surface area contributed by atoms with Crippen molar-refractivity contribution in [1.29, 1.82) is 0 Å². The Morgan fingerprint density at radius 1 is 1.28 bits per heavy atom. The predicted molar refractivity (Wildman–Crippen MR) is 106 cm³/mol. The van der Waals surface area contributed by atoms with E-state index in [1.165, 1.54) is 34.4 Å². The second-order valence-electron chi connectivity index (χ2n) is 5.00. The van der Waals surface area contributed by atoms with Gasteiger partial charge in [-0.05, 0) is 26.0 Å². The number of carbonyl (C=O) groups excluding carboxylic acids is 1. The topological polar surface area (TPSA) is 67.8 Å². The molecule has 0 aliphatic carbocycles. The fourth-order valence-corrected chi connectivity index (χ4v) is 4.84. The smallest absolute Gasteiger partial charge is 0.239 e. The molecule has 2 aromatic heterocycles. The molecule has 1 amide bonds. The van der Waals surface area contributed by atoms with Gasteiger partial charge in [0.15, 0.2) is 9.47 Å². The van der Waals surface area contributed by atoms with Gasteiger partial charge in [-0.1, -0.05) is 52.4 Å². The molecule has 0 bridgehead atoms. The number of thiazole rings is 1. The first-order valence-corrected chi connectivity index (χ1v) is 10.4. The number of benzene rings is 1. The zero-order valence-corrected chi connectivity index (χ0v) is 17.1. The van der Waals surface area contributed by atoms with E-state index in [1.54, 1.807) is 12.1 Å². The highest BCUT2D eigenvalue weighted by molar-refractivity contribution is 8.02. The number of rotatable bonds is 5. The summed E-state index contributed by atoms with van der Waals surface area (Å²) in [6, 6.07) is 5.31. The van der Waals surface area contributed by atoms with Gasteiger partial charge in [-0.3, -0.25) is 4.79 Å². The van der Waals surface area contributed by atoms with E-state index in [4.69, 9.17) is 23.2 Å². The Balaban J connectivity index is 1.66. The summed E-state index contributed by atoms with van der Waals surface area (Å²) in [5, 5.41) is 14.7. The quantitative estimate of drug-likeness (QED) is 0.548. The van der Waals surface area contributed by atoms with Crippen LogP contribution >= 0.6 is 57.6 Å².